The number of hydrogen-bond acceptors (Lipinski definition) is 4. The molecule has 0 radical (unpaired) electrons. The van der Waals surface area contributed by atoms with Gasteiger partial charge in [0.15, 0.2) is 4.96 Å². The molecule has 0 saturated heterocycles. The molecule has 122 valence electrons. The average molecular weight is 339 g/mol. The van der Waals surface area contributed by atoms with E-state index in [-0.39, 0.29) is 23.1 Å². The first-order chi connectivity index (χ1) is 11.6. The van der Waals surface area contributed by atoms with Gasteiger partial charge in [-0.3, -0.25) is 14.0 Å². The Morgan fingerprint density at radius 3 is 2.83 bits per heavy atom. The summed E-state index contributed by atoms with van der Waals surface area (Å²) in [6.07, 6.45) is 4.90. The van der Waals surface area contributed by atoms with Crippen molar-refractivity contribution in [1.29, 1.82) is 0 Å². The molecular weight excluding hydrogens is 322 g/mol. The molecule has 1 saturated carbocycles. The van der Waals surface area contributed by atoms with Gasteiger partial charge >= 0.3 is 0 Å². The molecule has 1 aliphatic carbocycles. The number of carbonyl (C=O) groups excluding carboxylic acids is 1. The zero-order valence-corrected chi connectivity index (χ0v) is 14.0. The fourth-order valence-electron chi connectivity index (χ4n) is 2.73. The van der Waals surface area contributed by atoms with Gasteiger partial charge in [-0.25, -0.2) is 4.98 Å². The predicted molar refractivity (Wildman–Crippen MR) is 93.6 cm³/mol. The summed E-state index contributed by atoms with van der Waals surface area (Å²) in [5.41, 5.74) is 0.981. The highest BCUT2D eigenvalue weighted by Gasteiger charge is 2.34. The maximum absolute atomic E-state index is 12.6. The summed E-state index contributed by atoms with van der Waals surface area (Å²) in [4.78, 5) is 30.8. The third kappa shape index (κ3) is 2.85. The summed E-state index contributed by atoms with van der Waals surface area (Å²) in [6, 6.07) is 10.3. The van der Waals surface area contributed by atoms with E-state index in [2.05, 4.69) is 29.4 Å². The fourth-order valence-corrected chi connectivity index (χ4v) is 3.71. The van der Waals surface area contributed by atoms with E-state index in [1.807, 2.05) is 18.2 Å². The van der Waals surface area contributed by atoms with Crippen molar-refractivity contribution in [1.82, 2.24) is 14.7 Å². The molecule has 4 rings (SSSR count). The van der Waals surface area contributed by atoms with Gasteiger partial charge < -0.3 is 5.32 Å². The summed E-state index contributed by atoms with van der Waals surface area (Å²) in [5.74, 6) is 0.166. The van der Waals surface area contributed by atoms with E-state index >= 15 is 0 Å². The minimum Gasteiger partial charge on any atom is -0.349 e. The van der Waals surface area contributed by atoms with Gasteiger partial charge in [-0.1, -0.05) is 37.3 Å². The molecule has 1 aromatic carbocycles. The first-order valence-corrected chi connectivity index (χ1v) is 8.78. The Kier molecular flexibility index (Phi) is 3.69. The van der Waals surface area contributed by atoms with Crippen molar-refractivity contribution in [2.45, 2.75) is 25.8 Å². The van der Waals surface area contributed by atoms with Gasteiger partial charge in [-0.05, 0) is 17.9 Å². The first-order valence-electron chi connectivity index (χ1n) is 7.96. The van der Waals surface area contributed by atoms with Gasteiger partial charge in [0.2, 0.25) is 0 Å². The smallest absolute Gasteiger partial charge is 0.271 e. The van der Waals surface area contributed by atoms with Crippen LogP contribution in [0.2, 0.25) is 0 Å². The second-order valence-electron chi connectivity index (χ2n) is 6.28. The number of benzene rings is 1. The number of nitrogens with one attached hydrogen (secondary N) is 1. The van der Waals surface area contributed by atoms with Crippen LogP contribution in [-0.4, -0.2) is 21.3 Å². The van der Waals surface area contributed by atoms with E-state index in [0.717, 1.165) is 17.7 Å². The molecule has 1 amide bonds. The Hall–Kier alpha value is -2.47. The SMILES string of the molecule is C[C@H]1C[C@H]1NC(=O)c1cnc2sc(Cc3ccccc3)cn2c1=O. The van der Waals surface area contributed by atoms with Crippen molar-refractivity contribution in [3.63, 3.8) is 0 Å². The minimum absolute atomic E-state index is 0.107. The summed E-state index contributed by atoms with van der Waals surface area (Å²) in [7, 11) is 0. The fraction of sp³-hybridized carbons (Fsp3) is 0.278. The van der Waals surface area contributed by atoms with Crippen LogP contribution in [0.25, 0.3) is 4.96 Å². The lowest BCUT2D eigenvalue weighted by Gasteiger charge is -2.02. The van der Waals surface area contributed by atoms with E-state index in [0.29, 0.717) is 10.9 Å². The second-order valence-corrected chi connectivity index (χ2v) is 7.38. The monoisotopic (exact) mass is 339 g/mol. The van der Waals surface area contributed by atoms with Crippen molar-refractivity contribution in [3.8, 4) is 0 Å². The maximum atomic E-state index is 12.6. The molecule has 3 aromatic rings. The summed E-state index contributed by atoms with van der Waals surface area (Å²) in [6.45, 7) is 2.08. The van der Waals surface area contributed by atoms with E-state index in [1.165, 1.54) is 27.5 Å². The van der Waals surface area contributed by atoms with Crippen molar-refractivity contribution >= 4 is 22.2 Å². The van der Waals surface area contributed by atoms with Crippen LogP contribution in [0.3, 0.4) is 0 Å². The molecular formula is C18H17N3O2S. The molecule has 0 spiro atoms. The highest BCUT2D eigenvalue weighted by Crippen LogP contribution is 2.29. The molecule has 5 nitrogen and oxygen atoms in total. The van der Waals surface area contributed by atoms with E-state index in [9.17, 15) is 9.59 Å². The summed E-state index contributed by atoms with van der Waals surface area (Å²) in [5, 5.41) is 2.88. The van der Waals surface area contributed by atoms with Gasteiger partial charge in [0.1, 0.15) is 5.56 Å². The third-order valence-corrected chi connectivity index (χ3v) is 5.34. The highest BCUT2D eigenvalue weighted by atomic mass is 32.1. The average Bonchev–Trinajstić information content (AvgIpc) is 3.09. The number of amides is 1. The van der Waals surface area contributed by atoms with Gasteiger partial charge in [0.25, 0.3) is 11.5 Å². The van der Waals surface area contributed by atoms with Crippen molar-refractivity contribution < 1.29 is 4.79 Å². The van der Waals surface area contributed by atoms with Crippen LogP contribution in [0, 0.1) is 5.92 Å². The molecule has 6 heteroatoms. The number of fused-ring (bicyclic) bond motifs is 1. The molecule has 1 N–H and O–H groups in total. The Bertz CT molecular complexity index is 961. The maximum Gasteiger partial charge on any atom is 0.271 e. The topological polar surface area (TPSA) is 63.5 Å². The molecule has 2 heterocycles. The van der Waals surface area contributed by atoms with Crippen LogP contribution in [0.1, 0.15) is 34.1 Å². The summed E-state index contributed by atoms with van der Waals surface area (Å²) >= 11 is 1.47. The highest BCUT2D eigenvalue weighted by molar-refractivity contribution is 7.17. The third-order valence-electron chi connectivity index (χ3n) is 4.35. The van der Waals surface area contributed by atoms with E-state index in [1.54, 1.807) is 6.20 Å². The Morgan fingerprint density at radius 2 is 2.12 bits per heavy atom. The van der Waals surface area contributed by atoms with Crippen molar-refractivity contribution in [2.75, 3.05) is 0 Å². The number of nitrogens with zero attached hydrogens (tertiary/aromatic N) is 2. The van der Waals surface area contributed by atoms with Gasteiger partial charge in [-0.15, -0.1) is 11.3 Å². The lowest BCUT2D eigenvalue weighted by atomic mass is 10.1. The molecule has 0 aliphatic heterocycles. The lowest BCUT2D eigenvalue weighted by molar-refractivity contribution is 0.0947. The number of thiazole rings is 1. The van der Waals surface area contributed by atoms with Crippen LogP contribution in [0.5, 0.6) is 0 Å². The Labute approximate surface area is 143 Å². The molecule has 2 aromatic heterocycles. The standard InChI is InChI=1S/C18H17N3O2S/c1-11-7-15(11)20-16(22)14-9-19-18-21(17(14)23)10-13(24-18)8-12-5-3-2-4-6-12/h2-6,9-11,15H,7-8H2,1H3,(H,20,22)/t11-,15+/m0/s1. The van der Waals surface area contributed by atoms with E-state index in [4.69, 9.17) is 0 Å². The second kappa shape index (κ2) is 5.87. The van der Waals surface area contributed by atoms with Crippen LogP contribution in [0.4, 0.5) is 0 Å². The Morgan fingerprint density at radius 1 is 1.38 bits per heavy atom. The lowest BCUT2D eigenvalue weighted by Crippen LogP contribution is -2.33. The molecule has 1 fully saturated rings. The normalized spacial score (nSPS) is 19.4. The zero-order valence-electron chi connectivity index (χ0n) is 13.2. The molecule has 0 bridgehead atoms. The van der Waals surface area contributed by atoms with E-state index < -0.39 is 0 Å². The molecule has 0 unspecified atom stereocenters. The molecule has 1 aliphatic rings. The predicted octanol–water partition coefficient (Wildman–Crippen LogP) is 2.49. The largest absolute Gasteiger partial charge is 0.349 e. The van der Waals surface area contributed by atoms with Crippen molar-refractivity contribution in [3.05, 3.63) is 69.1 Å². The van der Waals surface area contributed by atoms with Crippen LogP contribution in [-0.2, 0) is 6.42 Å². The number of rotatable bonds is 4. The van der Waals surface area contributed by atoms with Crippen LogP contribution >= 0.6 is 11.3 Å². The van der Waals surface area contributed by atoms with Gasteiger partial charge in [0.05, 0.1) is 0 Å². The van der Waals surface area contributed by atoms with Gasteiger partial charge in [0, 0.05) is 29.7 Å². The van der Waals surface area contributed by atoms with Crippen molar-refractivity contribution in [2.24, 2.45) is 5.92 Å². The zero-order chi connectivity index (χ0) is 16.7. The number of hydrogen-bond donors (Lipinski definition) is 1. The minimum atomic E-state index is -0.327. The Balaban J connectivity index is 1.63. The first kappa shape index (κ1) is 15.1. The molecule has 24 heavy (non-hydrogen) atoms. The molecule has 2 atom stereocenters. The quantitative estimate of drug-likeness (QED) is 0.794. The summed E-state index contributed by atoms with van der Waals surface area (Å²) < 4.78 is 1.48. The van der Waals surface area contributed by atoms with Crippen LogP contribution < -0.4 is 10.9 Å². The van der Waals surface area contributed by atoms with Crippen LogP contribution in [0.15, 0.2) is 47.5 Å². The van der Waals surface area contributed by atoms with Gasteiger partial charge in [-0.2, -0.15) is 0 Å². The number of carbonyl (C=O) groups is 1. The number of aromatic nitrogens is 2.